The zero-order valence-corrected chi connectivity index (χ0v) is 17.5. The molecule has 2 aromatic carbocycles. The van der Waals surface area contributed by atoms with Crippen molar-refractivity contribution < 1.29 is 21.2 Å². The van der Waals surface area contributed by atoms with Gasteiger partial charge in [0.15, 0.2) is 0 Å². The second kappa shape index (κ2) is 7.43. The number of hydrogen-bond donors (Lipinski definition) is 1. The molecule has 29 heavy (non-hydrogen) atoms. The molecule has 1 aliphatic rings. The van der Waals surface area contributed by atoms with Gasteiger partial charge in [0.1, 0.15) is 10.0 Å². The number of rotatable bonds is 5. The topological polar surface area (TPSA) is 83.6 Å². The van der Waals surface area contributed by atoms with Crippen molar-refractivity contribution in [3.8, 4) is 0 Å². The van der Waals surface area contributed by atoms with E-state index in [0.717, 1.165) is 29.0 Å². The molecule has 0 aliphatic carbocycles. The average molecular weight is 453 g/mol. The number of hydrogen-bond acceptors (Lipinski definition) is 5. The smallest absolute Gasteiger partial charge is 0.271 e. The quantitative estimate of drug-likeness (QED) is 0.638. The number of fused-ring (bicyclic) bond motifs is 1. The van der Waals surface area contributed by atoms with Gasteiger partial charge in [-0.05, 0) is 66.2 Å². The first kappa shape index (κ1) is 19.9. The van der Waals surface area contributed by atoms with Gasteiger partial charge in [-0.15, -0.1) is 11.3 Å². The minimum atomic E-state index is -3.90. The number of anilines is 2. The molecule has 0 amide bonds. The van der Waals surface area contributed by atoms with Crippen LogP contribution in [0, 0.1) is 5.82 Å². The van der Waals surface area contributed by atoms with Crippen LogP contribution in [0.3, 0.4) is 0 Å². The van der Waals surface area contributed by atoms with Gasteiger partial charge in [-0.1, -0.05) is 12.1 Å². The first-order valence-electron chi connectivity index (χ1n) is 8.75. The van der Waals surface area contributed by atoms with Gasteiger partial charge in [0.25, 0.3) is 20.0 Å². The third-order valence-electron chi connectivity index (χ3n) is 4.58. The molecule has 152 valence electrons. The molecule has 10 heteroatoms. The number of nitrogens with one attached hydrogen (secondary N) is 1. The van der Waals surface area contributed by atoms with E-state index < -0.39 is 25.9 Å². The number of thiophene rings is 1. The minimum Gasteiger partial charge on any atom is -0.279 e. The van der Waals surface area contributed by atoms with Gasteiger partial charge < -0.3 is 0 Å². The molecular weight excluding hydrogens is 435 g/mol. The summed E-state index contributed by atoms with van der Waals surface area (Å²) in [7, 11) is -7.65. The molecular formula is C19H17FN2O4S3. The minimum absolute atomic E-state index is 0.0173. The van der Waals surface area contributed by atoms with Gasteiger partial charge in [0, 0.05) is 6.54 Å². The van der Waals surface area contributed by atoms with Gasteiger partial charge in [-0.25, -0.2) is 21.2 Å². The Kier molecular flexibility index (Phi) is 5.09. The number of nitrogens with zero attached hydrogens (tertiary/aromatic N) is 1. The Labute approximate surface area is 172 Å². The van der Waals surface area contributed by atoms with Gasteiger partial charge in [-0.2, -0.15) is 0 Å². The van der Waals surface area contributed by atoms with Crippen LogP contribution in [0.25, 0.3) is 0 Å². The highest BCUT2D eigenvalue weighted by molar-refractivity contribution is 7.94. The van der Waals surface area contributed by atoms with E-state index in [9.17, 15) is 21.2 Å². The van der Waals surface area contributed by atoms with E-state index >= 15 is 0 Å². The van der Waals surface area contributed by atoms with Crippen LogP contribution in [-0.4, -0.2) is 23.4 Å². The van der Waals surface area contributed by atoms with E-state index in [1.54, 1.807) is 23.6 Å². The van der Waals surface area contributed by atoms with Crippen LogP contribution in [0.2, 0.25) is 0 Å². The van der Waals surface area contributed by atoms with E-state index in [2.05, 4.69) is 4.72 Å². The molecule has 1 aromatic heterocycles. The van der Waals surface area contributed by atoms with Gasteiger partial charge in [0.2, 0.25) is 0 Å². The van der Waals surface area contributed by atoms with Crippen LogP contribution >= 0.6 is 11.3 Å². The largest absolute Gasteiger partial charge is 0.279 e. The van der Waals surface area contributed by atoms with E-state index in [-0.39, 0.29) is 21.3 Å². The molecule has 6 nitrogen and oxygen atoms in total. The zero-order chi connectivity index (χ0) is 20.6. The van der Waals surface area contributed by atoms with Crippen molar-refractivity contribution in [3.05, 3.63) is 71.4 Å². The second-order valence-electron chi connectivity index (χ2n) is 6.52. The van der Waals surface area contributed by atoms with E-state index in [0.29, 0.717) is 18.5 Å². The first-order valence-corrected chi connectivity index (χ1v) is 12.6. The highest BCUT2D eigenvalue weighted by Crippen LogP contribution is 2.35. The van der Waals surface area contributed by atoms with E-state index in [1.807, 2.05) is 0 Å². The molecule has 4 rings (SSSR count). The highest BCUT2D eigenvalue weighted by Gasteiger charge is 2.29. The summed E-state index contributed by atoms with van der Waals surface area (Å²) >= 11 is 1.09. The van der Waals surface area contributed by atoms with Crippen molar-refractivity contribution in [2.24, 2.45) is 0 Å². The van der Waals surface area contributed by atoms with Crippen molar-refractivity contribution >= 4 is 42.8 Å². The molecule has 0 fully saturated rings. The Morgan fingerprint density at radius 1 is 1.00 bits per heavy atom. The van der Waals surface area contributed by atoms with Crippen molar-refractivity contribution in [2.75, 3.05) is 15.6 Å². The first-order chi connectivity index (χ1) is 13.8. The van der Waals surface area contributed by atoms with Crippen molar-refractivity contribution in [2.45, 2.75) is 21.9 Å². The third kappa shape index (κ3) is 3.87. The summed E-state index contributed by atoms with van der Waals surface area (Å²) < 4.78 is 68.3. The number of aryl methyl sites for hydroxylation is 1. The maximum absolute atomic E-state index is 13.2. The van der Waals surface area contributed by atoms with Gasteiger partial charge >= 0.3 is 0 Å². The van der Waals surface area contributed by atoms with Crippen LogP contribution in [0.4, 0.5) is 15.8 Å². The molecule has 1 N–H and O–H groups in total. The molecule has 3 aromatic rings. The lowest BCUT2D eigenvalue weighted by molar-refractivity contribution is 0.585. The van der Waals surface area contributed by atoms with Gasteiger partial charge in [0.05, 0.1) is 16.3 Å². The molecule has 0 saturated heterocycles. The average Bonchev–Trinajstić information content (AvgIpc) is 3.23. The molecule has 0 spiro atoms. The maximum atomic E-state index is 13.2. The number of halogens is 1. The van der Waals surface area contributed by atoms with Gasteiger partial charge in [-0.3, -0.25) is 9.03 Å². The van der Waals surface area contributed by atoms with Crippen LogP contribution in [0.15, 0.2) is 69.1 Å². The fourth-order valence-corrected chi connectivity index (χ4v) is 6.79. The predicted octanol–water partition coefficient (Wildman–Crippen LogP) is 3.83. The van der Waals surface area contributed by atoms with Crippen LogP contribution in [0.1, 0.15) is 12.0 Å². The van der Waals surface area contributed by atoms with Crippen molar-refractivity contribution in [3.63, 3.8) is 0 Å². The Hall–Kier alpha value is -2.43. The molecule has 1 aliphatic heterocycles. The van der Waals surface area contributed by atoms with Crippen LogP contribution < -0.4 is 9.03 Å². The Balaban J connectivity index is 1.71. The lowest BCUT2D eigenvalue weighted by atomic mass is 10.0. The maximum Gasteiger partial charge on any atom is 0.271 e. The fraction of sp³-hybridized carbons (Fsp3) is 0.158. The lowest BCUT2D eigenvalue weighted by Crippen LogP contribution is -2.35. The SMILES string of the molecule is O=S(=O)(Nc1ccc2c(c1)N(S(=O)(=O)c1ccc(F)cc1)CCC2)c1cccs1. The monoisotopic (exact) mass is 452 g/mol. The molecule has 0 saturated carbocycles. The molecule has 0 bridgehead atoms. The Bertz CT molecular complexity index is 1240. The lowest BCUT2D eigenvalue weighted by Gasteiger charge is -2.31. The third-order valence-corrected chi connectivity index (χ3v) is 9.18. The molecule has 0 atom stereocenters. The van der Waals surface area contributed by atoms with Crippen molar-refractivity contribution in [1.82, 2.24) is 0 Å². The second-order valence-corrected chi connectivity index (χ2v) is 11.2. The van der Waals surface area contributed by atoms with E-state index in [4.69, 9.17) is 0 Å². The van der Waals surface area contributed by atoms with Crippen molar-refractivity contribution in [1.29, 1.82) is 0 Å². The molecule has 2 heterocycles. The summed E-state index contributed by atoms with van der Waals surface area (Å²) in [6.07, 6.45) is 1.32. The van der Waals surface area contributed by atoms with Crippen LogP contribution in [-0.2, 0) is 26.5 Å². The summed E-state index contributed by atoms with van der Waals surface area (Å²) in [4.78, 5) is -0.0173. The number of sulfonamides is 2. The zero-order valence-electron chi connectivity index (χ0n) is 15.1. The predicted molar refractivity (Wildman–Crippen MR) is 111 cm³/mol. The summed E-state index contributed by atoms with van der Waals surface area (Å²) in [6, 6.07) is 12.7. The normalized spacial score (nSPS) is 14.4. The summed E-state index contributed by atoms with van der Waals surface area (Å²) in [6.45, 7) is 0.258. The summed E-state index contributed by atoms with van der Waals surface area (Å²) in [5.74, 6) is -0.520. The van der Waals surface area contributed by atoms with E-state index in [1.165, 1.54) is 28.6 Å². The standard InChI is InChI=1S/C19H17FN2O4S3/c20-15-6-9-17(10-7-15)29(25,26)22-11-1-3-14-5-8-16(13-18(14)22)21-28(23,24)19-4-2-12-27-19/h2,4-10,12-13,21H,1,3,11H2. The summed E-state index contributed by atoms with van der Waals surface area (Å²) in [5, 5.41) is 1.67. The Morgan fingerprint density at radius 3 is 2.45 bits per heavy atom. The summed E-state index contributed by atoms with van der Waals surface area (Å²) in [5.41, 5.74) is 1.51. The highest BCUT2D eigenvalue weighted by atomic mass is 32.2. The fourth-order valence-electron chi connectivity index (χ4n) is 3.21. The van der Waals surface area contributed by atoms with Crippen LogP contribution in [0.5, 0.6) is 0 Å². The molecule has 0 unspecified atom stereocenters. The molecule has 0 radical (unpaired) electrons. The Morgan fingerprint density at radius 2 is 1.76 bits per heavy atom. The number of benzene rings is 2.